The zero-order valence-corrected chi connectivity index (χ0v) is 8.59. The highest BCUT2D eigenvalue weighted by Crippen LogP contribution is 2.45. The molecule has 1 N–H and O–H groups in total. The Morgan fingerprint density at radius 1 is 1.36 bits per heavy atom. The summed E-state index contributed by atoms with van der Waals surface area (Å²) in [5.41, 5.74) is 0.246. The van der Waals surface area contributed by atoms with E-state index in [0.717, 1.165) is 38.9 Å². The van der Waals surface area contributed by atoms with E-state index in [1.165, 1.54) is 12.8 Å². The van der Waals surface area contributed by atoms with Crippen molar-refractivity contribution in [3.8, 4) is 0 Å². The lowest BCUT2D eigenvalue weighted by molar-refractivity contribution is -0.135. The molecule has 1 heterocycles. The lowest BCUT2D eigenvalue weighted by atomic mass is 10.2. The Labute approximate surface area is 84.8 Å². The minimum Gasteiger partial charge on any atom is -0.335 e. The van der Waals surface area contributed by atoms with Gasteiger partial charge in [0.1, 0.15) is 0 Å². The molecular formula is C11H18N2O. The zero-order valence-electron chi connectivity index (χ0n) is 8.59. The fourth-order valence-corrected chi connectivity index (χ4v) is 2.50. The molecule has 0 aromatic rings. The van der Waals surface area contributed by atoms with Crippen molar-refractivity contribution in [1.82, 2.24) is 10.2 Å². The molecule has 1 amide bonds. The summed E-state index contributed by atoms with van der Waals surface area (Å²) in [6.45, 7) is 3.10. The minimum atomic E-state index is 0.246. The first kappa shape index (κ1) is 8.72. The Hall–Kier alpha value is -0.570. The molecule has 0 unspecified atom stereocenters. The lowest BCUT2D eigenvalue weighted by Gasteiger charge is -2.30. The molecule has 0 aromatic carbocycles. The molecule has 1 saturated heterocycles. The quantitative estimate of drug-likeness (QED) is 0.668. The van der Waals surface area contributed by atoms with Crippen molar-refractivity contribution in [2.45, 2.75) is 37.6 Å². The van der Waals surface area contributed by atoms with Crippen molar-refractivity contribution in [2.75, 3.05) is 19.6 Å². The summed E-state index contributed by atoms with van der Waals surface area (Å²) in [5.74, 6) is 0.844. The highest BCUT2D eigenvalue weighted by molar-refractivity contribution is 5.82. The van der Waals surface area contributed by atoms with E-state index < -0.39 is 0 Å². The maximum Gasteiger partial charge on any atom is 0.226 e. The number of carbonyl (C=O) groups excluding carboxylic acids is 1. The van der Waals surface area contributed by atoms with Crippen LogP contribution in [0.3, 0.4) is 0 Å². The maximum absolute atomic E-state index is 12.1. The first-order valence-electron chi connectivity index (χ1n) is 5.84. The van der Waals surface area contributed by atoms with E-state index in [2.05, 4.69) is 10.2 Å². The molecule has 0 bridgehead atoms. The number of rotatable bonds is 1. The molecule has 0 atom stereocenters. The smallest absolute Gasteiger partial charge is 0.226 e. The van der Waals surface area contributed by atoms with Crippen LogP contribution in [0.25, 0.3) is 0 Å². The van der Waals surface area contributed by atoms with E-state index in [9.17, 15) is 4.79 Å². The number of hydrogen-bond acceptors (Lipinski definition) is 2. The van der Waals surface area contributed by atoms with Crippen molar-refractivity contribution < 1.29 is 4.79 Å². The Morgan fingerprint density at radius 2 is 2.14 bits per heavy atom. The van der Waals surface area contributed by atoms with Gasteiger partial charge in [-0.3, -0.25) is 4.79 Å². The molecule has 2 saturated carbocycles. The summed E-state index contributed by atoms with van der Waals surface area (Å²) < 4.78 is 0. The molecule has 14 heavy (non-hydrogen) atoms. The van der Waals surface area contributed by atoms with E-state index in [1.807, 2.05) is 0 Å². The van der Waals surface area contributed by atoms with Gasteiger partial charge in [-0.25, -0.2) is 0 Å². The van der Waals surface area contributed by atoms with Crippen LogP contribution in [0, 0.1) is 5.92 Å². The van der Waals surface area contributed by atoms with Crippen LogP contribution in [0.1, 0.15) is 32.1 Å². The molecule has 1 spiro atoms. The average molecular weight is 194 g/mol. The Kier molecular flexibility index (Phi) is 1.84. The van der Waals surface area contributed by atoms with Crippen LogP contribution in [-0.4, -0.2) is 36.0 Å². The van der Waals surface area contributed by atoms with Crippen LogP contribution in [0.5, 0.6) is 0 Å². The third-order valence-corrected chi connectivity index (χ3v) is 3.78. The van der Waals surface area contributed by atoms with Crippen LogP contribution < -0.4 is 5.32 Å². The molecule has 1 aliphatic heterocycles. The summed E-state index contributed by atoms with van der Waals surface area (Å²) in [6, 6.07) is 0. The topological polar surface area (TPSA) is 32.3 Å². The summed E-state index contributed by atoms with van der Waals surface area (Å²) in [4.78, 5) is 14.3. The van der Waals surface area contributed by atoms with Gasteiger partial charge in [-0.2, -0.15) is 0 Å². The molecule has 0 radical (unpaired) electrons. The molecule has 3 heteroatoms. The third-order valence-electron chi connectivity index (χ3n) is 3.78. The van der Waals surface area contributed by atoms with E-state index in [0.29, 0.717) is 11.8 Å². The molecule has 0 aromatic heterocycles. The van der Waals surface area contributed by atoms with Gasteiger partial charge >= 0.3 is 0 Å². The predicted molar refractivity (Wildman–Crippen MR) is 53.9 cm³/mol. The van der Waals surface area contributed by atoms with Crippen LogP contribution in [0.15, 0.2) is 0 Å². The normalized spacial score (nSPS) is 30.1. The van der Waals surface area contributed by atoms with E-state index in [4.69, 9.17) is 0 Å². The number of carbonyl (C=O) groups is 1. The standard InChI is InChI=1S/C11H18N2O/c14-10(9-2-3-9)13-7-1-6-12-8-11(13)4-5-11/h9,12H,1-8H2. The summed E-state index contributed by atoms with van der Waals surface area (Å²) in [7, 11) is 0. The predicted octanol–water partition coefficient (Wildman–Crippen LogP) is 0.751. The Morgan fingerprint density at radius 3 is 2.79 bits per heavy atom. The molecule has 3 aliphatic rings. The summed E-state index contributed by atoms with van der Waals surface area (Å²) in [6.07, 6.45) is 5.84. The second kappa shape index (κ2) is 2.96. The van der Waals surface area contributed by atoms with Gasteiger partial charge < -0.3 is 10.2 Å². The zero-order chi connectivity index (χ0) is 9.60. The summed E-state index contributed by atoms with van der Waals surface area (Å²) in [5, 5.41) is 3.45. The van der Waals surface area contributed by atoms with Crippen LogP contribution in [0.2, 0.25) is 0 Å². The van der Waals surface area contributed by atoms with Crippen LogP contribution in [-0.2, 0) is 4.79 Å². The van der Waals surface area contributed by atoms with Gasteiger partial charge in [0.2, 0.25) is 5.91 Å². The first-order chi connectivity index (χ1) is 6.82. The summed E-state index contributed by atoms with van der Waals surface area (Å²) >= 11 is 0. The monoisotopic (exact) mass is 194 g/mol. The number of nitrogens with zero attached hydrogens (tertiary/aromatic N) is 1. The molecule has 3 nitrogen and oxygen atoms in total. The van der Waals surface area contributed by atoms with Crippen molar-refractivity contribution >= 4 is 5.91 Å². The van der Waals surface area contributed by atoms with Crippen LogP contribution >= 0.6 is 0 Å². The second-order valence-corrected chi connectivity index (χ2v) is 5.02. The number of amides is 1. The minimum absolute atomic E-state index is 0.246. The largest absolute Gasteiger partial charge is 0.335 e. The van der Waals surface area contributed by atoms with Gasteiger partial charge in [-0.15, -0.1) is 0 Å². The third kappa shape index (κ3) is 1.34. The van der Waals surface area contributed by atoms with Gasteiger partial charge in [0.25, 0.3) is 0 Å². The molecule has 3 fully saturated rings. The maximum atomic E-state index is 12.1. The van der Waals surface area contributed by atoms with Crippen LogP contribution in [0.4, 0.5) is 0 Å². The Bertz CT molecular complexity index is 256. The highest BCUT2D eigenvalue weighted by atomic mass is 16.2. The van der Waals surface area contributed by atoms with E-state index in [-0.39, 0.29) is 5.54 Å². The SMILES string of the molecule is O=C(C1CC1)N1CCCNCC12CC2. The van der Waals surface area contributed by atoms with Crippen molar-refractivity contribution in [3.05, 3.63) is 0 Å². The molecule has 78 valence electrons. The van der Waals surface area contributed by atoms with Gasteiger partial charge in [0.05, 0.1) is 5.54 Å². The van der Waals surface area contributed by atoms with E-state index >= 15 is 0 Å². The van der Waals surface area contributed by atoms with Gasteiger partial charge in [-0.1, -0.05) is 0 Å². The second-order valence-electron chi connectivity index (χ2n) is 5.02. The molecular weight excluding hydrogens is 176 g/mol. The van der Waals surface area contributed by atoms with Crippen molar-refractivity contribution in [2.24, 2.45) is 5.92 Å². The number of nitrogens with one attached hydrogen (secondary N) is 1. The van der Waals surface area contributed by atoms with Crippen molar-refractivity contribution in [3.63, 3.8) is 0 Å². The molecule has 2 aliphatic carbocycles. The fourth-order valence-electron chi connectivity index (χ4n) is 2.50. The average Bonchev–Trinajstić information content (AvgIpc) is 3.04. The van der Waals surface area contributed by atoms with Gasteiger partial charge in [0.15, 0.2) is 0 Å². The first-order valence-corrected chi connectivity index (χ1v) is 5.84. The fraction of sp³-hybridized carbons (Fsp3) is 0.909. The number of hydrogen-bond donors (Lipinski definition) is 1. The van der Waals surface area contributed by atoms with Gasteiger partial charge in [0, 0.05) is 19.0 Å². The highest BCUT2D eigenvalue weighted by Gasteiger charge is 2.52. The van der Waals surface area contributed by atoms with Gasteiger partial charge in [-0.05, 0) is 38.6 Å². The van der Waals surface area contributed by atoms with E-state index in [1.54, 1.807) is 0 Å². The molecule has 3 rings (SSSR count). The lowest BCUT2D eigenvalue weighted by Crippen LogP contribution is -2.46. The Balaban J connectivity index is 1.76. The van der Waals surface area contributed by atoms with Crippen molar-refractivity contribution in [1.29, 1.82) is 0 Å².